The van der Waals surface area contributed by atoms with Gasteiger partial charge in [-0.05, 0) is 40.2 Å². The van der Waals surface area contributed by atoms with E-state index in [1.54, 1.807) is 0 Å². The van der Waals surface area contributed by atoms with Crippen molar-refractivity contribution in [3.8, 4) is 5.75 Å². The van der Waals surface area contributed by atoms with Gasteiger partial charge in [0.1, 0.15) is 0 Å². The van der Waals surface area contributed by atoms with E-state index in [9.17, 15) is 4.79 Å². The third-order valence-electron chi connectivity index (χ3n) is 2.87. The van der Waals surface area contributed by atoms with Crippen molar-refractivity contribution in [3.05, 3.63) is 57.0 Å². The van der Waals surface area contributed by atoms with E-state index in [4.69, 9.17) is 4.74 Å². The second-order valence-corrected chi connectivity index (χ2v) is 5.93. The first-order valence-electron chi connectivity index (χ1n) is 5.66. The van der Waals surface area contributed by atoms with Crippen LogP contribution in [0.3, 0.4) is 0 Å². The molecule has 19 heavy (non-hydrogen) atoms. The van der Waals surface area contributed by atoms with Gasteiger partial charge in [0.05, 0.1) is 10.2 Å². The zero-order chi connectivity index (χ0) is 13.4. The van der Waals surface area contributed by atoms with Crippen LogP contribution in [-0.2, 0) is 4.79 Å². The van der Waals surface area contributed by atoms with Gasteiger partial charge in [0.25, 0.3) is 5.91 Å². The number of anilines is 1. The lowest BCUT2D eigenvalue weighted by Gasteiger charge is -2.26. The molecule has 3 rings (SSSR count). The van der Waals surface area contributed by atoms with Crippen molar-refractivity contribution in [2.24, 2.45) is 0 Å². The molecule has 3 nitrogen and oxygen atoms in total. The van der Waals surface area contributed by atoms with Crippen LogP contribution in [0.15, 0.2) is 51.4 Å². The first-order chi connectivity index (χ1) is 9.15. The molecule has 1 amide bonds. The smallest absolute Gasteiger partial charge is 0.270 e. The van der Waals surface area contributed by atoms with Crippen molar-refractivity contribution in [2.75, 3.05) is 5.32 Å². The third-order valence-corrected chi connectivity index (χ3v) is 4.02. The number of ether oxygens (including phenoxy) is 1. The number of halogens is 2. The van der Waals surface area contributed by atoms with Gasteiger partial charge in [-0.1, -0.05) is 34.1 Å². The van der Waals surface area contributed by atoms with Gasteiger partial charge in [-0.3, -0.25) is 4.79 Å². The van der Waals surface area contributed by atoms with Gasteiger partial charge >= 0.3 is 0 Å². The summed E-state index contributed by atoms with van der Waals surface area (Å²) >= 11 is 6.80. The van der Waals surface area contributed by atoms with E-state index < -0.39 is 6.10 Å². The molecule has 5 heteroatoms. The summed E-state index contributed by atoms with van der Waals surface area (Å²) in [6, 6.07) is 13.1. The number of hydrogen-bond acceptors (Lipinski definition) is 2. The lowest BCUT2D eigenvalue weighted by atomic mass is 10.1. The lowest BCUT2D eigenvalue weighted by molar-refractivity contribution is -0.123. The monoisotopic (exact) mass is 381 g/mol. The molecular formula is C14H9Br2NO2. The Kier molecular flexibility index (Phi) is 3.33. The number of hydrogen-bond donors (Lipinski definition) is 1. The van der Waals surface area contributed by atoms with Crippen LogP contribution in [0.25, 0.3) is 0 Å². The lowest BCUT2D eigenvalue weighted by Crippen LogP contribution is -2.30. The Morgan fingerprint density at radius 1 is 1.05 bits per heavy atom. The molecule has 1 aliphatic rings. The molecule has 1 atom stereocenters. The summed E-state index contributed by atoms with van der Waals surface area (Å²) in [5.41, 5.74) is 1.51. The number of amides is 1. The van der Waals surface area contributed by atoms with Gasteiger partial charge in [0, 0.05) is 10.0 Å². The van der Waals surface area contributed by atoms with E-state index >= 15 is 0 Å². The molecule has 0 unspecified atom stereocenters. The molecule has 0 radical (unpaired) electrons. The largest absolute Gasteiger partial charge is 0.472 e. The highest BCUT2D eigenvalue weighted by Crippen LogP contribution is 2.40. The molecule has 1 N–H and O–H groups in total. The highest BCUT2D eigenvalue weighted by atomic mass is 79.9. The second-order valence-electron chi connectivity index (χ2n) is 4.16. The van der Waals surface area contributed by atoms with E-state index in [1.165, 1.54) is 0 Å². The zero-order valence-electron chi connectivity index (χ0n) is 9.69. The predicted molar refractivity (Wildman–Crippen MR) is 80.3 cm³/mol. The van der Waals surface area contributed by atoms with Crippen LogP contribution in [0, 0.1) is 0 Å². The van der Waals surface area contributed by atoms with Gasteiger partial charge in [-0.25, -0.2) is 0 Å². The van der Waals surface area contributed by atoms with Crippen LogP contribution in [0.5, 0.6) is 5.75 Å². The molecule has 0 aliphatic carbocycles. The Balaban J connectivity index is 1.99. The minimum atomic E-state index is -0.626. The Morgan fingerprint density at radius 3 is 2.53 bits per heavy atom. The molecule has 1 aliphatic heterocycles. The molecule has 2 aromatic carbocycles. The van der Waals surface area contributed by atoms with Crippen LogP contribution >= 0.6 is 31.9 Å². The summed E-state index contributed by atoms with van der Waals surface area (Å²) in [7, 11) is 0. The molecular weight excluding hydrogens is 374 g/mol. The summed E-state index contributed by atoms with van der Waals surface area (Å²) in [6.45, 7) is 0. The predicted octanol–water partition coefficient (Wildman–Crippen LogP) is 4.28. The summed E-state index contributed by atoms with van der Waals surface area (Å²) in [6.07, 6.45) is -0.626. The van der Waals surface area contributed by atoms with E-state index in [1.807, 2.05) is 42.5 Å². The SMILES string of the molecule is O=C1Nc2cccc(Br)c2O[C@@H]1c1ccc(Br)cc1. The molecule has 0 bridgehead atoms. The number of rotatable bonds is 1. The summed E-state index contributed by atoms with van der Waals surface area (Å²) in [5.74, 6) is 0.503. The van der Waals surface area contributed by atoms with Gasteiger partial charge in [0.2, 0.25) is 6.10 Å². The molecule has 0 saturated heterocycles. The van der Waals surface area contributed by atoms with E-state index in [0.29, 0.717) is 11.4 Å². The number of carbonyl (C=O) groups excluding carboxylic acids is 1. The summed E-state index contributed by atoms with van der Waals surface area (Å²) in [4.78, 5) is 12.1. The Bertz CT molecular complexity index is 640. The molecule has 0 aromatic heterocycles. The van der Waals surface area contributed by atoms with Gasteiger partial charge < -0.3 is 10.1 Å². The second kappa shape index (κ2) is 4.98. The summed E-state index contributed by atoms with van der Waals surface area (Å²) < 4.78 is 7.62. The number of fused-ring (bicyclic) bond motifs is 1. The Hall–Kier alpha value is -1.33. The maximum atomic E-state index is 12.1. The maximum Gasteiger partial charge on any atom is 0.270 e. The van der Waals surface area contributed by atoms with E-state index in [2.05, 4.69) is 37.2 Å². The molecule has 2 aromatic rings. The average Bonchev–Trinajstić information content (AvgIpc) is 2.40. The number of para-hydroxylation sites is 1. The number of nitrogens with one attached hydrogen (secondary N) is 1. The highest BCUT2D eigenvalue weighted by molar-refractivity contribution is 9.10. The minimum Gasteiger partial charge on any atom is -0.472 e. The third kappa shape index (κ3) is 2.40. The topological polar surface area (TPSA) is 38.3 Å². The minimum absolute atomic E-state index is 0.159. The molecule has 0 spiro atoms. The van der Waals surface area contributed by atoms with E-state index in [0.717, 1.165) is 14.5 Å². The Morgan fingerprint density at radius 2 is 1.79 bits per heavy atom. The van der Waals surface area contributed by atoms with Crippen LogP contribution in [-0.4, -0.2) is 5.91 Å². The molecule has 0 fully saturated rings. The molecule has 96 valence electrons. The van der Waals surface area contributed by atoms with Crippen molar-refractivity contribution in [1.82, 2.24) is 0 Å². The Labute approximate surface area is 127 Å². The van der Waals surface area contributed by atoms with Crippen LogP contribution in [0.1, 0.15) is 11.7 Å². The first kappa shape index (κ1) is 12.7. The highest BCUT2D eigenvalue weighted by Gasteiger charge is 2.30. The maximum absolute atomic E-state index is 12.1. The van der Waals surface area contributed by atoms with Crippen LogP contribution < -0.4 is 10.1 Å². The van der Waals surface area contributed by atoms with Crippen molar-refractivity contribution in [3.63, 3.8) is 0 Å². The quantitative estimate of drug-likeness (QED) is 0.799. The van der Waals surface area contributed by atoms with E-state index in [-0.39, 0.29) is 5.91 Å². The van der Waals surface area contributed by atoms with Crippen molar-refractivity contribution < 1.29 is 9.53 Å². The number of benzene rings is 2. The average molecular weight is 383 g/mol. The standard InChI is InChI=1S/C14H9Br2NO2/c15-9-6-4-8(5-7-9)12-14(18)17-11-3-1-2-10(16)13(11)19-12/h1-7,12H,(H,17,18)/t12-/m1/s1. The fraction of sp³-hybridized carbons (Fsp3) is 0.0714. The normalized spacial score (nSPS) is 17.4. The van der Waals surface area contributed by atoms with Gasteiger partial charge in [-0.15, -0.1) is 0 Å². The van der Waals surface area contributed by atoms with Crippen molar-refractivity contribution in [1.29, 1.82) is 0 Å². The number of carbonyl (C=O) groups is 1. The fourth-order valence-electron chi connectivity index (χ4n) is 1.95. The fourth-order valence-corrected chi connectivity index (χ4v) is 2.68. The molecule has 1 heterocycles. The molecule has 0 saturated carbocycles. The van der Waals surface area contributed by atoms with Crippen molar-refractivity contribution in [2.45, 2.75) is 6.10 Å². The van der Waals surface area contributed by atoms with Crippen LogP contribution in [0.4, 0.5) is 5.69 Å². The summed E-state index contributed by atoms with van der Waals surface area (Å²) in [5, 5.41) is 2.86. The van der Waals surface area contributed by atoms with Gasteiger partial charge in [0.15, 0.2) is 5.75 Å². The van der Waals surface area contributed by atoms with Crippen molar-refractivity contribution >= 4 is 43.5 Å². The van der Waals surface area contributed by atoms with Gasteiger partial charge in [-0.2, -0.15) is 0 Å². The zero-order valence-corrected chi connectivity index (χ0v) is 12.9. The van der Waals surface area contributed by atoms with Crippen LogP contribution in [0.2, 0.25) is 0 Å². The first-order valence-corrected chi connectivity index (χ1v) is 7.25.